The predicted octanol–water partition coefficient (Wildman–Crippen LogP) is 4.29. The number of hydrogen-bond donors (Lipinski definition) is 1. The molecule has 1 N–H and O–H groups in total. The molecule has 0 spiro atoms. The van der Waals surface area contributed by atoms with Crippen LogP contribution in [0.5, 0.6) is 0 Å². The zero-order valence-corrected chi connectivity index (χ0v) is 12.5. The molecule has 1 unspecified atom stereocenters. The van der Waals surface area contributed by atoms with Crippen molar-refractivity contribution in [2.75, 3.05) is 0 Å². The molecule has 1 aromatic carbocycles. The minimum absolute atomic E-state index is 0.421. The third kappa shape index (κ3) is 2.71. The SMILES string of the molecule is CC1(C)CCCCC1NCc1cccc2cnccc12. The normalized spacial score (nSPS) is 22.0. The Morgan fingerprint density at radius 2 is 2.15 bits per heavy atom. The molecule has 1 aliphatic rings. The minimum Gasteiger partial charge on any atom is -0.309 e. The van der Waals surface area contributed by atoms with Gasteiger partial charge in [0.1, 0.15) is 0 Å². The zero-order valence-electron chi connectivity index (χ0n) is 12.5. The lowest BCUT2D eigenvalue weighted by Gasteiger charge is -2.39. The van der Waals surface area contributed by atoms with Gasteiger partial charge in [0.2, 0.25) is 0 Å². The number of benzene rings is 1. The molecule has 0 bridgehead atoms. The van der Waals surface area contributed by atoms with Crippen LogP contribution in [-0.4, -0.2) is 11.0 Å². The number of hydrogen-bond acceptors (Lipinski definition) is 2. The van der Waals surface area contributed by atoms with Gasteiger partial charge >= 0.3 is 0 Å². The number of nitrogens with one attached hydrogen (secondary N) is 1. The summed E-state index contributed by atoms with van der Waals surface area (Å²) >= 11 is 0. The second-order valence-electron chi connectivity index (χ2n) is 6.68. The standard InChI is InChI=1S/C18H24N2/c1-18(2)10-4-3-8-17(18)20-13-15-7-5-6-14-12-19-11-9-16(14)15/h5-7,9,11-12,17,20H,3-4,8,10,13H2,1-2H3. The first-order valence-electron chi connectivity index (χ1n) is 7.72. The summed E-state index contributed by atoms with van der Waals surface area (Å²) in [6.45, 7) is 5.75. The summed E-state index contributed by atoms with van der Waals surface area (Å²) in [4.78, 5) is 4.21. The lowest BCUT2D eigenvalue weighted by atomic mass is 9.73. The van der Waals surface area contributed by atoms with Crippen LogP contribution in [0.25, 0.3) is 10.8 Å². The van der Waals surface area contributed by atoms with Gasteiger partial charge in [0, 0.05) is 30.4 Å². The number of aromatic nitrogens is 1. The van der Waals surface area contributed by atoms with Crippen LogP contribution >= 0.6 is 0 Å². The molecule has 1 atom stereocenters. The molecular weight excluding hydrogens is 244 g/mol. The summed E-state index contributed by atoms with van der Waals surface area (Å²) in [5, 5.41) is 6.35. The Labute approximate surface area is 121 Å². The van der Waals surface area contributed by atoms with Gasteiger partial charge in [-0.3, -0.25) is 4.98 Å². The Bertz CT molecular complexity index is 583. The highest BCUT2D eigenvalue weighted by Gasteiger charge is 2.31. The van der Waals surface area contributed by atoms with Crippen LogP contribution in [0.4, 0.5) is 0 Å². The Balaban J connectivity index is 1.77. The Kier molecular flexibility index (Phi) is 3.75. The van der Waals surface area contributed by atoms with E-state index in [1.54, 1.807) is 0 Å². The van der Waals surface area contributed by atoms with Crippen molar-refractivity contribution in [3.8, 4) is 0 Å². The molecule has 0 radical (unpaired) electrons. The van der Waals surface area contributed by atoms with Crippen molar-refractivity contribution >= 4 is 10.8 Å². The lowest BCUT2D eigenvalue weighted by Crippen LogP contribution is -2.43. The second-order valence-corrected chi connectivity index (χ2v) is 6.68. The first kappa shape index (κ1) is 13.6. The molecule has 2 nitrogen and oxygen atoms in total. The van der Waals surface area contributed by atoms with E-state index in [0.29, 0.717) is 11.5 Å². The Morgan fingerprint density at radius 1 is 1.25 bits per heavy atom. The number of rotatable bonds is 3. The fourth-order valence-electron chi connectivity index (χ4n) is 3.45. The summed E-state index contributed by atoms with van der Waals surface area (Å²) < 4.78 is 0. The van der Waals surface area contributed by atoms with Gasteiger partial charge < -0.3 is 5.32 Å². The van der Waals surface area contributed by atoms with E-state index in [1.807, 2.05) is 12.4 Å². The highest BCUT2D eigenvalue weighted by molar-refractivity contribution is 5.84. The average Bonchev–Trinajstić information content (AvgIpc) is 2.46. The van der Waals surface area contributed by atoms with Gasteiger partial charge in [0.05, 0.1) is 0 Å². The lowest BCUT2D eigenvalue weighted by molar-refractivity contribution is 0.167. The van der Waals surface area contributed by atoms with E-state index < -0.39 is 0 Å². The van der Waals surface area contributed by atoms with E-state index in [9.17, 15) is 0 Å². The number of pyridine rings is 1. The molecule has 3 rings (SSSR count). The first-order chi connectivity index (χ1) is 9.67. The summed E-state index contributed by atoms with van der Waals surface area (Å²) in [7, 11) is 0. The molecular formula is C18H24N2. The summed E-state index contributed by atoms with van der Waals surface area (Å²) in [6, 6.07) is 9.25. The van der Waals surface area contributed by atoms with Gasteiger partial charge in [-0.05, 0) is 35.3 Å². The highest BCUT2D eigenvalue weighted by atomic mass is 14.9. The molecule has 0 amide bonds. The maximum absolute atomic E-state index is 4.21. The van der Waals surface area contributed by atoms with Crippen molar-refractivity contribution in [2.24, 2.45) is 5.41 Å². The number of fused-ring (bicyclic) bond motifs is 1. The zero-order chi connectivity index (χ0) is 14.0. The molecule has 1 aliphatic carbocycles. The molecule has 20 heavy (non-hydrogen) atoms. The van der Waals surface area contributed by atoms with E-state index in [-0.39, 0.29) is 0 Å². The third-order valence-electron chi connectivity index (χ3n) is 4.82. The summed E-state index contributed by atoms with van der Waals surface area (Å²) in [6.07, 6.45) is 9.22. The maximum atomic E-state index is 4.21. The van der Waals surface area contributed by atoms with Crippen LogP contribution in [0, 0.1) is 5.41 Å². The third-order valence-corrected chi connectivity index (χ3v) is 4.82. The van der Waals surface area contributed by atoms with Gasteiger partial charge in [-0.2, -0.15) is 0 Å². The quantitative estimate of drug-likeness (QED) is 0.898. The minimum atomic E-state index is 0.421. The van der Waals surface area contributed by atoms with Crippen molar-refractivity contribution in [1.29, 1.82) is 0 Å². The highest BCUT2D eigenvalue weighted by Crippen LogP contribution is 2.35. The summed E-state index contributed by atoms with van der Waals surface area (Å²) in [5.41, 5.74) is 1.80. The van der Waals surface area contributed by atoms with Crippen molar-refractivity contribution in [3.05, 3.63) is 42.2 Å². The molecule has 1 fully saturated rings. The van der Waals surface area contributed by atoms with Gasteiger partial charge in [-0.15, -0.1) is 0 Å². The van der Waals surface area contributed by atoms with Crippen molar-refractivity contribution in [3.63, 3.8) is 0 Å². The van der Waals surface area contributed by atoms with Crippen molar-refractivity contribution in [2.45, 2.75) is 52.1 Å². The van der Waals surface area contributed by atoms with Crippen LogP contribution in [0.3, 0.4) is 0 Å². The molecule has 1 heterocycles. The van der Waals surface area contributed by atoms with Crippen molar-refractivity contribution in [1.82, 2.24) is 10.3 Å². The maximum Gasteiger partial charge on any atom is 0.0346 e. The average molecular weight is 268 g/mol. The summed E-state index contributed by atoms with van der Waals surface area (Å²) in [5.74, 6) is 0. The van der Waals surface area contributed by atoms with Crippen molar-refractivity contribution < 1.29 is 0 Å². The predicted molar refractivity (Wildman–Crippen MR) is 84.6 cm³/mol. The molecule has 1 saturated carbocycles. The molecule has 106 valence electrons. The Hall–Kier alpha value is -1.41. The van der Waals surface area contributed by atoms with Crippen LogP contribution in [0.1, 0.15) is 45.1 Å². The van der Waals surface area contributed by atoms with E-state index in [2.05, 4.69) is 48.4 Å². The van der Waals surface area contributed by atoms with Crippen LogP contribution in [-0.2, 0) is 6.54 Å². The molecule has 0 saturated heterocycles. The Morgan fingerprint density at radius 3 is 3.00 bits per heavy atom. The number of nitrogens with zero attached hydrogens (tertiary/aromatic N) is 1. The van der Waals surface area contributed by atoms with Crippen LogP contribution < -0.4 is 5.32 Å². The largest absolute Gasteiger partial charge is 0.309 e. The van der Waals surface area contributed by atoms with Gasteiger partial charge in [0.15, 0.2) is 0 Å². The fourth-order valence-corrected chi connectivity index (χ4v) is 3.45. The first-order valence-corrected chi connectivity index (χ1v) is 7.72. The van der Waals surface area contributed by atoms with E-state index in [4.69, 9.17) is 0 Å². The fraction of sp³-hybridized carbons (Fsp3) is 0.500. The van der Waals surface area contributed by atoms with Crippen LogP contribution in [0.2, 0.25) is 0 Å². The second kappa shape index (κ2) is 5.53. The van der Waals surface area contributed by atoms with Gasteiger partial charge in [0.25, 0.3) is 0 Å². The topological polar surface area (TPSA) is 24.9 Å². The van der Waals surface area contributed by atoms with E-state index in [0.717, 1.165) is 6.54 Å². The monoisotopic (exact) mass is 268 g/mol. The van der Waals surface area contributed by atoms with Gasteiger partial charge in [-0.25, -0.2) is 0 Å². The molecule has 1 aromatic heterocycles. The van der Waals surface area contributed by atoms with E-state index in [1.165, 1.54) is 42.0 Å². The smallest absolute Gasteiger partial charge is 0.0346 e. The molecule has 2 heteroatoms. The van der Waals surface area contributed by atoms with Crippen LogP contribution in [0.15, 0.2) is 36.7 Å². The van der Waals surface area contributed by atoms with E-state index >= 15 is 0 Å². The molecule has 0 aliphatic heterocycles. The van der Waals surface area contributed by atoms with Gasteiger partial charge in [-0.1, -0.05) is 44.9 Å². The molecule has 2 aromatic rings.